The molecule has 0 aliphatic carbocycles. The van der Waals surface area contributed by atoms with E-state index in [-0.39, 0.29) is 6.04 Å². The molecule has 0 radical (unpaired) electrons. The van der Waals surface area contributed by atoms with Crippen LogP contribution in [-0.2, 0) is 9.53 Å². The Bertz CT molecular complexity index is 434. The van der Waals surface area contributed by atoms with Crippen molar-refractivity contribution in [3.05, 3.63) is 35.9 Å². The minimum atomic E-state index is -0.793. The zero-order chi connectivity index (χ0) is 13.9. The molecule has 19 heavy (non-hydrogen) atoms. The second kappa shape index (κ2) is 5.72. The molecular formula is C15H21NO3. The van der Waals surface area contributed by atoms with Gasteiger partial charge in [0, 0.05) is 13.7 Å². The molecule has 1 heterocycles. The van der Waals surface area contributed by atoms with E-state index < -0.39 is 11.5 Å². The number of likely N-dealkylation sites (tertiary alicyclic amines) is 1. The van der Waals surface area contributed by atoms with Crippen molar-refractivity contribution in [1.82, 2.24) is 4.90 Å². The van der Waals surface area contributed by atoms with Crippen molar-refractivity contribution in [2.24, 2.45) is 0 Å². The third-order valence-corrected chi connectivity index (χ3v) is 4.04. The number of carboxylic acids is 1. The number of benzene rings is 1. The third kappa shape index (κ3) is 2.65. The van der Waals surface area contributed by atoms with Gasteiger partial charge in [-0.1, -0.05) is 30.3 Å². The maximum Gasteiger partial charge on any atom is 0.323 e. The van der Waals surface area contributed by atoms with Gasteiger partial charge in [-0.05, 0) is 25.3 Å². The molecule has 1 aliphatic rings. The van der Waals surface area contributed by atoms with Crippen molar-refractivity contribution in [1.29, 1.82) is 0 Å². The van der Waals surface area contributed by atoms with Crippen LogP contribution in [0.3, 0.4) is 0 Å². The zero-order valence-corrected chi connectivity index (χ0v) is 11.5. The first kappa shape index (κ1) is 14.0. The first-order chi connectivity index (χ1) is 9.09. The van der Waals surface area contributed by atoms with Crippen LogP contribution in [0.15, 0.2) is 30.3 Å². The van der Waals surface area contributed by atoms with Crippen molar-refractivity contribution in [2.75, 3.05) is 20.3 Å². The number of ether oxygens (including phenoxy) is 1. The molecule has 0 bridgehead atoms. The third-order valence-electron chi connectivity index (χ3n) is 4.04. The fraction of sp³-hybridized carbons (Fsp3) is 0.533. The summed E-state index contributed by atoms with van der Waals surface area (Å²) < 4.78 is 5.31. The topological polar surface area (TPSA) is 49.8 Å². The number of carbonyl (C=O) groups is 1. The Morgan fingerprint density at radius 2 is 2.16 bits per heavy atom. The molecule has 0 amide bonds. The van der Waals surface area contributed by atoms with Crippen LogP contribution in [0, 0.1) is 0 Å². The molecule has 4 heteroatoms. The first-order valence-electron chi connectivity index (χ1n) is 6.63. The lowest BCUT2D eigenvalue weighted by atomic mass is 9.95. The van der Waals surface area contributed by atoms with E-state index in [9.17, 15) is 9.90 Å². The van der Waals surface area contributed by atoms with Crippen LogP contribution in [0.2, 0.25) is 0 Å². The van der Waals surface area contributed by atoms with Crippen molar-refractivity contribution in [3.63, 3.8) is 0 Å². The highest BCUT2D eigenvalue weighted by atomic mass is 16.5. The molecule has 4 nitrogen and oxygen atoms in total. The van der Waals surface area contributed by atoms with Gasteiger partial charge in [0.15, 0.2) is 0 Å². The minimum absolute atomic E-state index is 0.00481. The average molecular weight is 263 g/mol. The number of carboxylic acid groups (broad SMARTS) is 1. The Hall–Kier alpha value is -1.39. The fourth-order valence-electron chi connectivity index (χ4n) is 2.91. The molecule has 1 N–H and O–H groups in total. The van der Waals surface area contributed by atoms with E-state index in [2.05, 4.69) is 4.90 Å². The van der Waals surface area contributed by atoms with Crippen molar-refractivity contribution in [3.8, 4) is 0 Å². The quantitative estimate of drug-likeness (QED) is 0.885. The molecule has 1 aromatic rings. The molecular weight excluding hydrogens is 242 g/mol. The molecule has 0 spiro atoms. The van der Waals surface area contributed by atoms with Gasteiger partial charge in [-0.3, -0.25) is 9.69 Å². The minimum Gasteiger partial charge on any atom is -0.480 e. The Balaban J connectivity index is 2.31. The average Bonchev–Trinajstić information content (AvgIpc) is 2.80. The van der Waals surface area contributed by atoms with Gasteiger partial charge in [0.25, 0.3) is 0 Å². The number of hydrogen-bond acceptors (Lipinski definition) is 3. The van der Waals surface area contributed by atoms with Gasteiger partial charge >= 0.3 is 5.97 Å². The lowest BCUT2D eigenvalue weighted by Gasteiger charge is -2.37. The fourth-order valence-corrected chi connectivity index (χ4v) is 2.91. The largest absolute Gasteiger partial charge is 0.480 e. The second-order valence-electron chi connectivity index (χ2n) is 5.26. The maximum atomic E-state index is 11.6. The van der Waals surface area contributed by atoms with Gasteiger partial charge in [-0.15, -0.1) is 0 Å². The molecule has 1 aromatic carbocycles. The van der Waals surface area contributed by atoms with Gasteiger partial charge in [0.05, 0.1) is 12.6 Å². The number of methoxy groups -OCH3 is 1. The van der Waals surface area contributed by atoms with Gasteiger partial charge < -0.3 is 9.84 Å². The van der Waals surface area contributed by atoms with E-state index in [1.54, 1.807) is 7.11 Å². The summed E-state index contributed by atoms with van der Waals surface area (Å²) in [5.41, 5.74) is 0.317. The van der Waals surface area contributed by atoms with Gasteiger partial charge in [-0.25, -0.2) is 0 Å². The standard InChI is InChI=1S/C15H21NO3/c1-15(14(17)18)9-6-10-16(15)13(11-19-2)12-7-4-3-5-8-12/h3-5,7-8,13H,6,9-11H2,1-2H3,(H,17,18). The number of rotatable bonds is 5. The summed E-state index contributed by atoms with van der Waals surface area (Å²) >= 11 is 0. The van der Waals surface area contributed by atoms with Crippen LogP contribution in [0.5, 0.6) is 0 Å². The van der Waals surface area contributed by atoms with Crippen LogP contribution < -0.4 is 0 Å². The van der Waals surface area contributed by atoms with Crippen LogP contribution in [-0.4, -0.2) is 41.8 Å². The Morgan fingerprint density at radius 1 is 1.47 bits per heavy atom. The van der Waals surface area contributed by atoms with Crippen LogP contribution >= 0.6 is 0 Å². The first-order valence-corrected chi connectivity index (χ1v) is 6.63. The summed E-state index contributed by atoms with van der Waals surface area (Å²) in [6.07, 6.45) is 1.60. The highest BCUT2D eigenvalue weighted by Crippen LogP contribution is 2.37. The molecule has 104 valence electrons. The molecule has 0 aromatic heterocycles. The normalized spacial score (nSPS) is 25.4. The number of aliphatic carboxylic acids is 1. The molecule has 1 saturated heterocycles. The maximum absolute atomic E-state index is 11.6. The lowest BCUT2D eigenvalue weighted by Crippen LogP contribution is -2.50. The number of hydrogen-bond donors (Lipinski definition) is 1. The van der Waals surface area contributed by atoms with Crippen molar-refractivity contribution >= 4 is 5.97 Å². The molecule has 2 rings (SSSR count). The predicted octanol–water partition coefficient (Wildman–Crippen LogP) is 2.31. The van der Waals surface area contributed by atoms with Gasteiger partial charge in [-0.2, -0.15) is 0 Å². The molecule has 2 unspecified atom stereocenters. The van der Waals surface area contributed by atoms with Gasteiger partial charge in [0.1, 0.15) is 5.54 Å². The molecule has 1 aliphatic heterocycles. The van der Waals surface area contributed by atoms with E-state index in [4.69, 9.17) is 4.74 Å². The summed E-state index contributed by atoms with van der Waals surface area (Å²) in [7, 11) is 1.66. The zero-order valence-electron chi connectivity index (χ0n) is 11.5. The molecule has 0 saturated carbocycles. The number of nitrogens with zero attached hydrogens (tertiary/aromatic N) is 1. The van der Waals surface area contributed by atoms with Gasteiger partial charge in [0.2, 0.25) is 0 Å². The van der Waals surface area contributed by atoms with E-state index in [1.807, 2.05) is 37.3 Å². The summed E-state index contributed by atoms with van der Waals surface area (Å²) in [6, 6.07) is 9.98. The Kier molecular flexibility index (Phi) is 4.22. The molecule has 2 atom stereocenters. The van der Waals surface area contributed by atoms with E-state index in [1.165, 1.54) is 0 Å². The van der Waals surface area contributed by atoms with Crippen molar-refractivity contribution < 1.29 is 14.6 Å². The Labute approximate surface area is 114 Å². The summed E-state index contributed by atoms with van der Waals surface area (Å²) in [5, 5.41) is 9.52. The van der Waals surface area contributed by atoms with Crippen LogP contribution in [0.4, 0.5) is 0 Å². The van der Waals surface area contributed by atoms with Crippen molar-refractivity contribution in [2.45, 2.75) is 31.3 Å². The summed E-state index contributed by atoms with van der Waals surface area (Å²) in [5.74, 6) is -0.748. The Morgan fingerprint density at radius 3 is 2.74 bits per heavy atom. The summed E-state index contributed by atoms with van der Waals surface area (Å²) in [6.45, 7) is 3.12. The van der Waals surface area contributed by atoms with Crippen LogP contribution in [0.1, 0.15) is 31.4 Å². The second-order valence-corrected chi connectivity index (χ2v) is 5.26. The van der Waals surface area contributed by atoms with E-state index in [0.717, 1.165) is 18.5 Å². The smallest absolute Gasteiger partial charge is 0.323 e. The molecule has 1 fully saturated rings. The predicted molar refractivity (Wildman–Crippen MR) is 73.0 cm³/mol. The van der Waals surface area contributed by atoms with E-state index >= 15 is 0 Å². The summed E-state index contributed by atoms with van der Waals surface area (Å²) in [4.78, 5) is 13.7. The lowest BCUT2D eigenvalue weighted by molar-refractivity contribution is -0.150. The monoisotopic (exact) mass is 263 g/mol. The SMILES string of the molecule is COCC(c1ccccc1)N1CCCC1(C)C(=O)O. The van der Waals surface area contributed by atoms with E-state index in [0.29, 0.717) is 13.0 Å². The highest BCUT2D eigenvalue weighted by Gasteiger charge is 2.46. The highest BCUT2D eigenvalue weighted by molar-refractivity contribution is 5.78. The van der Waals surface area contributed by atoms with Crippen LogP contribution in [0.25, 0.3) is 0 Å².